The highest BCUT2D eigenvalue weighted by atomic mass is 16.4. The van der Waals surface area contributed by atoms with Crippen LogP contribution in [-0.4, -0.2) is 22.7 Å². The third-order valence-electron chi connectivity index (χ3n) is 4.59. The van der Waals surface area contributed by atoms with Crippen molar-refractivity contribution >= 4 is 11.7 Å². The Morgan fingerprint density at radius 2 is 2.00 bits per heavy atom. The van der Waals surface area contributed by atoms with E-state index in [2.05, 4.69) is 50.8 Å². The second-order valence-corrected chi connectivity index (χ2v) is 7.38. The van der Waals surface area contributed by atoms with Crippen LogP contribution in [-0.2, 0) is 4.79 Å². The van der Waals surface area contributed by atoms with Gasteiger partial charge < -0.3 is 10.0 Å². The molecule has 1 aromatic carbocycles. The summed E-state index contributed by atoms with van der Waals surface area (Å²) in [6.45, 7) is 12.6. The number of benzene rings is 1. The lowest BCUT2D eigenvalue weighted by Gasteiger charge is -2.51. The summed E-state index contributed by atoms with van der Waals surface area (Å²) in [6.07, 6.45) is 0.972. The van der Waals surface area contributed by atoms with Crippen LogP contribution in [0.2, 0.25) is 0 Å². The Labute approximate surface area is 128 Å². The molecule has 0 unspecified atom stereocenters. The fourth-order valence-electron chi connectivity index (χ4n) is 3.79. The number of aryl methyl sites for hydroxylation is 1. The maximum absolute atomic E-state index is 11.8. The van der Waals surface area contributed by atoms with E-state index in [1.807, 2.05) is 13.8 Å². The van der Waals surface area contributed by atoms with Crippen LogP contribution in [0.3, 0.4) is 0 Å². The van der Waals surface area contributed by atoms with E-state index in [1.165, 1.54) is 11.1 Å². The SMILES string of the molecule is Cc1ccc2c(c1)[C@@H](C)CC(C)(C)N2[C@H](C(=O)O)C(C)C. The molecule has 3 nitrogen and oxygen atoms in total. The van der Waals surface area contributed by atoms with Crippen LogP contribution in [0.25, 0.3) is 0 Å². The molecular formula is C18H27NO2. The first-order valence-corrected chi connectivity index (χ1v) is 7.78. The Hall–Kier alpha value is -1.51. The fraction of sp³-hybridized carbons (Fsp3) is 0.611. The third kappa shape index (κ3) is 2.78. The first kappa shape index (κ1) is 15.9. The fourth-order valence-corrected chi connectivity index (χ4v) is 3.79. The molecule has 3 heteroatoms. The van der Waals surface area contributed by atoms with Crippen LogP contribution in [0.15, 0.2) is 18.2 Å². The van der Waals surface area contributed by atoms with Gasteiger partial charge in [0.2, 0.25) is 0 Å². The Morgan fingerprint density at radius 1 is 1.38 bits per heavy atom. The molecule has 2 rings (SSSR count). The summed E-state index contributed by atoms with van der Waals surface area (Å²) in [5, 5.41) is 9.73. The number of hydrogen-bond acceptors (Lipinski definition) is 2. The van der Waals surface area contributed by atoms with Crippen molar-refractivity contribution in [2.75, 3.05) is 4.90 Å². The number of carboxylic acids is 1. The molecule has 0 saturated carbocycles. The van der Waals surface area contributed by atoms with Gasteiger partial charge in [-0.3, -0.25) is 0 Å². The van der Waals surface area contributed by atoms with Crippen LogP contribution < -0.4 is 4.90 Å². The minimum Gasteiger partial charge on any atom is -0.480 e. The summed E-state index contributed by atoms with van der Waals surface area (Å²) >= 11 is 0. The van der Waals surface area contributed by atoms with Crippen molar-refractivity contribution in [2.24, 2.45) is 5.92 Å². The third-order valence-corrected chi connectivity index (χ3v) is 4.59. The predicted octanol–water partition coefficient (Wildman–Crippen LogP) is 4.20. The van der Waals surface area contributed by atoms with Gasteiger partial charge in [0.15, 0.2) is 0 Å². The van der Waals surface area contributed by atoms with Gasteiger partial charge in [0, 0.05) is 11.2 Å². The number of anilines is 1. The minimum atomic E-state index is -0.737. The normalized spacial score (nSPS) is 22.0. The van der Waals surface area contributed by atoms with E-state index < -0.39 is 12.0 Å². The average Bonchev–Trinajstić information content (AvgIpc) is 2.33. The van der Waals surface area contributed by atoms with Gasteiger partial charge in [-0.2, -0.15) is 0 Å². The van der Waals surface area contributed by atoms with Crippen molar-refractivity contribution in [1.29, 1.82) is 0 Å². The van der Waals surface area contributed by atoms with Gasteiger partial charge in [-0.05, 0) is 50.7 Å². The number of rotatable bonds is 3. The molecule has 21 heavy (non-hydrogen) atoms. The maximum Gasteiger partial charge on any atom is 0.326 e. The Bertz CT molecular complexity index is 548. The molecule has 0 aromatic heterocycles. The predicted molar refractivity (Wildman–Crippen MR) is 87.0 cm³/mol. The molecule has 0 saturated heterocycles. The summed E-state index contributed by atoms with van der Waals surface area (Å²) in [5.41, 5.74) is 3.44. The zero-order chi connectivity index (χ0) is 15.9. The van der Waals surface area contributed by atoms with Gasteiger partial charge in [0.25, 0.3) is 0 Å². The second-order valence-electron chi connectivity index (χ2n) is 7.38. The van der Waals surface area contributed by atoms with Gasteiger partial charge in [-0.25, -0.2) is 4.79 Å². The lowest BCUT2D eigenvalue weighted by atomic mass is 9.77. The highest BCUT2D eigenvalue weighted by molar-refractivity contribution is 5.80. The van der Waals surface area contributed by atoms with E-state index in [-0.39, 0.29) is 11.5 Å². The highest BCUT2D eigenvalue weighted by Crippen LogP contribution is 2.45. The molecule has 2 atom stereocenters. The van der Waals surface area contributed by atoms with Crippen molar-refractivity contribution in [3.05, 3.63) is 29.3 Å². The molecule has 0 radical (unpaired) electrons. The summed E-state index contributed by atoms with van der Waals surface area (Å²) in [6, 6.07) is 5.90. The van der Waals surface area contributed by atoms with Crippen molar-refractivity contribution < 1.29 is 9.90 Å². The molecule has 0 aliphatic carbocycles. The lowest BCUT2D eigenvalue weighted by molar-refractivity contribution is -0.140. The van der Waals surface area contributed by atoms with Crippen LogP contribution in [0.5, 0.6) is 0 Å². The molecule has 1 N–H and O–H groups in total. The second kappa shape index (κ2) is 5.36. The molecule has 1 aliphatic heterocycles. The van der Waals surface area contributed by atoms with E-state index in [4.69, 9.17) is 0 Å². The topological polar surface area (TPSA) is 40.5 Å². The van der Waals surface area contributed by atoms with E-state index in [0.29, 0.717) is 5.92 Å². The van der Waals surface area contributed by atoms with Crippen LogP contribution in [0, 0.1) is 12.8 Å². The summed E-state index contributed by atoms with van der Waals surface area (Å²) in [4.78, 5) is 14.0. The van der Waals surface area contributed by atoms with Crippen LogP contribution in [0.1, 0.15) is 58.1 Å². The minimum absolute atomic E-state index is 0.0596. The maximum atomic E-state index is 11.8. The van der Waals surface area contributed by atoms with Crippen LogP contribution >= 0.6 is 0 Å². The van der Waals surface area contributed by atoms with Crippen LogP contribution in [0.4, 0.5) is 5.69 Å². The summed E-state index contributed by atoms with van der Waals surface area (Å²) in [7, 11) is 0. The zero-order valence-electron chi connectivity index (χ0n) is 14.0. The van der Waals surface area contributed by atoms with Crippen molar-refractivity contribution in [3.63, 3.8) is 0 Å². The average molecular weight is 289 g/mol. The van der Waals surface area contributed by atoms with Crippen molar-refractivity contribution in [2.45, 2.75) is 65.5 Å². The van der Waals surface area contributed by atoms with Gasteiger partial charge in [-0.15, -0.1) is 0 Å². The number of carboxylic acid groups (broad SMARTS) is 1. The monoisotopic (exact) mass is 289 g/mol. The molecule has 1 heterocycles. The molecule has 0 fully saturated rings. The number of carbonyl (C=O) groups is 1. The molecule has 0 amide bonds. The van der Waals surface area contributed by atoms with Gasteiger partial charge in [0.05, 0.1) is 0 Å². The van der Waals surface area contributed by atoms with Gasteiger partial charge in [0.1, 0.15) is 6.04 Å². The molecule has 116 valence electrons. The molecule has 1 aliphatic rings. The van der Waals surface area contributed by atoms with Crippen molar-refractivity contribution in [1.82, 2.24) is 0 Å². The number of hydrogen-bond donors (Lipinski definition) is 1. The highest BCUT2D eigenvalue weighted by Gasteiger charge is 2.43. The van der Waals surface area contributed by atoms with E-state index >= 15 is 0 Å². The largest absolute Gasteiger partial charge is 0.480 e. The number of fused-ring (bicyclic) bond motifs is 1. The van der Waals surface area contributed by atoms with Gasteiger partial charge in [-0.1, -0.05) is 38.5 Å². The Kier molecular flexibility index (Phi) is 4.05. The zero-order valence-corrected chi connectivity index (χ0v) is 14.0. The van der Waals surface area contributed by atoms with Gasteiger partial charge >= 0.3 is 5.97 Å². The quantitative estimate of drug-likeness (QED) is 0.906. The van der Waals surface area contributed by atoms with E-state index in [0.717, 1.165) is 12.1 Å². The molecule has 1 aromatic rings. The Morgan fingerprint density at radius 3 is 2.52 bits per heavy atom. The number of nitrogens with zero attached hydrogens (tertiary/aromatic N) is 1. The van der Waals surface area contributed by atoms with E-state index in [9.17, 15) is 9.90 Å². The first-order chi connectivity index (χ1) is 9.65. The number of aliphatic carboxylic acids is 1. The van der Waals surface area contributed by atoms with Crippen molar-refractivity contribution in [3.8, 4) is 0 Å². The standard InChI is InChI=1S/C18H27NO2/c1-11(2)16(17(20)21)19-15-8-7-12(3)9-14(15)13(4)10-18(19,5)6/h7-9,11,13,16H,10H2,1-6H3,(H,20,21)/t13-,16-/m0/s1. The summed E-state index contributed by atoms with van der Waals surface area (Å²) < 4.78 is 0. The molecular weight excluding hydrogens is 262 g/mol. The van der Waals surface area contributed by atoms with E-state index in [1.54, 1.807) is 0 Å². The summed E-state index contributed by atoms with van der Waals surface area (Å²) in [5.74, 6) is -0.226. The Balaban J connectivity index is 2.62. The molecule has 0 bridgehead atoms. The smallest absolute Gasteiger partial charge is 0.326 e. The first-order valence-electron chi connectivity index (χ1n) is 7.78. The lowest BCUT2D eigenvalue weighted by Crippen LogP contribution is -2.58. The molecule has 0 spiro atoms.